The van der Waals surface area contributed by atoms with Gasteiger partial charge in [0.1, 0.15) is 5.75 Å². The number of amides is 1. The first kappa shape index (κ1) is 11.7. The third kappa shape index (κ3) is 2.65. The van der Waals surface area contributed by atoms with Gasteiger partial charge < -0.3 is 15.4 Å². The zero-order valence-corrected chi connectivity index (χ0v) is 10.0. The molecule has 1 aliphatic heterocycles. The molecule has 0 atom stereocenters. The van der Waals surface area contributed by atoms with Crippen LogP contribution in [0, 0.1) is 0 Å². The van der Waals surface area contributed by atoms with Crippen molar-refractivity contribution in [1.29, 1.82) is 0 Å². The quantitative estimate of drug-likeness (QED) is 0.777. The molecule has 2 rings (SSSR count). The van der Waals surface area contributed by atoms with E-state index in [0.717, 1.165) is 30.1 Å². The van der Waals surface area contributed by atoms with Gasteiger partial charge in [0.25, 0.3) is 5.91 Å². The van der Waals surface area contributed by atoms with Gasteiger partial charge in [0, 0.05) is 24.4 Å². The predicted octanol–water partition coefficient (Wildman–Crippen LogP) is 1.55. The molecule has 0 radical (unpaired) electrons. The molecule has 4 heteroatoms. The number of rotatable bonds is 3. The third-order valence-electron chi connectivity index (χ3n) is 2.90. The van der Waals surface area contributed by atoms with Crippen LogP contribution in [-0.2, 0) is 4.79 Å². The van der Waals surface area contributed by atoms with Crippen LogP contribution in [0.5, 0.6) is 5.75 Å². The van der Waals surface area contributed by atoms with Crippen molar-refractivity contribution < 1.29 is 9.53 Å². The first-order valence-corrected chi connectivity index (χ1v) is 5.55. The summed E-state index contributed by atoms with van der Waals surface area (Å²) in [6, 6.07) is 7.30. The van der Waals surface area contributed by atoms with Gasteiger partial charge in [-0.05, 0) is 36.8 Å². The minimum Gasteiger partial charge on any atom is -0.497 e. The number of hydrogen-bond donors (Lipinski definition) is 2. The average molecular weight is 232 g/mol. The van der Waals surface area contributed by atoms with Crippen LogP contribution in [0.15, 0.2) is 35.4 Å². The highest BCUT2D eigenvalue weighted by Crippen LogP contribution is 2.17. The normalized spacial score (nSPS) is 13.9. The standard InChI is InChI=1S/C13H16N2O2/c1-9(10-7-14-8-10)13(16)15-11-3-5-12(17-2)6-4-11/h3-6,14H,7-8H2,1-2H3,(H,15,16). The summed E-state index contributed by atoms with van der Waals surface area (Å²) in [6.45, 7) is 3.50. The minimum atomic E-state index is -0.0355. The lowest BCUT2D eigenvalue weighted by Gasteiger charge is -2.21. The van der Waals surface area contributed by atoms with Crippen molar-refractivity contribution in [2.24, 2.45) is 0 Å². The highest BCUT2D eigenvalue weighted by Gasteiger charge is 2.15. The summed E-state index contributed by atoms with van der Waals surface area (Å²) in [7, 11) is 1.62. The Morgan fingerprint density at radius 2 is 1.94 bits per heavy atom. The highest BCUT2D eigenvalue weighted by molar-refractivity contribution is 6.04. The summed E-state index contributed by atoms with van der Waals surface area (Å²) in [5.74, 6) is 0.743. The molecule has 4 nitrogen and oxygen atoms in total. The van der Waals surface area contributed by atoms with Crippen LogP contribution >= 0.6 is 0 Å². The van der Waals surface area contributed by atoms with Gasteiger partial charge in [-0.3, -0.25) is 4.79 Å². The molecule has 1 heterocycles. The zero-order valence-electron chi connectivity index (χ0n) is 10.0. The fourth-order valence-electron chi connectivity index (χ4n) is 1.57. The number of methoxy groups -OCH3 is 1. The number of carbonyl (C=O) groups is 1. The van der Waals surface area contributed by atoms with Crippen LogP contribution in [0.1, 0.15) is 6.92 Å². The number of carbonyl (C=O) groups excluding carboxylic acids is 1. The van der Waals surface area contributed by atoms with E-state index in [1.54, 1.807) is 7.11 Å². The first-order chi connectivity index (χ1) is 8.20. The van der Waals surface area contributed by atoms with Gasteiger partial charge in [-0.1, -0.05) is 0 Å². The molecule has 1 fully saturated rings. The number of ether oxygens (including phenoxy) is 1. The van der Waals surface area contributed by atoms with Gasteiger partial charge in [-0.2, -0.15) is 0 Å². The molecule has 1 amide bonds. The van der Waals surface area contributed by atoms with Crippen molar-refractivity contribution >= 4 is 11.6 Å². The number of benzene rings is 1. The predicted molar refractivity (Wildman–Crippen MR) is 67.2 cm³/mol. The Kier molecular flexibility index (Phi) is 3.44. The molecule has 17 heavy (non-hydrogen) atoms. The van der Waals surface area contributed by atoms with Crippen LogP contribution in [0.3, 0.4) is 0 Å². The Morgan fingerprint density at radius 1 is 1.29 bits per heavy atom. The monoisotopic (exact) mass is 232 g/mol. The lowest BCUT2D eigenvalue weighted by Crippen LogP contribution is -2.36. The topological polar surface area (TPSA) is 50.4 Å². The van der Waals surface area contributed by atoms with E-state index in [4.69, 9.17) is 4.74 Å². The van der Waals surface area contributed by atoms with Gasteiger partial charge in [-0.15, -0.1) is 0 Å². The molecule has 0 bridgehead atoms. The van der Waals surface area contributed by atoms with Crippen LogP contribution in [0.4, 0.5) is 5.69 Å². The second-order valence-corrected chi connectivity index (χ2v) is 4.01. The van der Waals surface area contributed by atoms with E-state index in [9.17, 15) is 4.79 Å². The van der Waals surface area contributed by atoms with E-state index in [0.29, 0.717) is 0 Å². The van der Waals surface area contributed by atoms with E-state index in [1.807, 2.05) is 31.2 Å². The van der Waals surface area contributed by atoms with Gasteiger partial charge >= 0.3 is 0 Å². The summed E-state index contributed by atoms with van der Waals surface area (Å²) in [5.41, 5.74) is 2.76. The van der Waals surface area contributed by atoms with Crippen LogP contribution in [0.25, 0.3) is 0 Å². The maximum atomic E-state index is 11.9. The summed E-state index contributed by atoms with van der Waals surface area (Å²) in [4.78, 5) is 11.9. The number of nitrogens with one attached hydrogen (secondary N) is 2. The average Bonchev–Trinajstić information content (AvgIpc) is 2.27. The molecule has 0 aliphatic carbocycles. The molecule has 0 unspecified atom stereocenters. The Hall–Kier alpha value is -1.81. The highest BCUT2D eigenvalue weighted by atomic mass is 16.5. The maximum absolute atomic E-state index is 11.9. The number of hydrogen-bond acceptors (Lipinski definition) is 3. The van der Waals surface area contributed by atoms with E-state index in [2.05, 4.69) is 10.6 Å². The lowest BCUT2D eigenvalue weighted by molar-refractivity contribution is -0.112. The van der Waals surface area contributed by atoms with Gasteiger partial charge in [0.2, 0.25) is 0 Å². The SMILES string of the molecule is COc1ccc(NC(=O)C(C)=C2CNC2)cc1. The van der Waals surface area contributed by atoms with Gasteiger partial charge in [0.05, 0.1) is 7.11 Å². The Labute approximate surface area is 101 Å². The summed E-state index contributed by atoms with van der Waals surface area (Å²) in [5, 5.41) is 5.98. The van der Waals surface area contributed by atoms with Crippen molar-refractivity contribution in [1.82, 2.24) is 5.32 Å². The minimum absolute atomic E-state index is 0.0355. The largest absolute Gasteiger partial charge is 0.497 e. The van der Waals surface area contributed by atoms with Crippen molar-refractivity contribution in [3.05, 3.63) is 35.4 Å². The molecule has 0 spiro atoms. The van der Waals surface area contributed by atoms with Crippen molar-refractivity contribution in [3.8, 4) is 5.75 Å². The van der Waals surface area contributed by atoms with Gasteiger partial charge in [-0.25, -0.2) is 0 Å². The molecule has 0 saturated carbocycles. The molecule has 0 aromatic heterocycles. The molecule has 1 aliphatic rings. The molecule has 1 aromatic rings. The van der Waals surface area contributed by atoms with Crippen LogP contribution < -0.4 is 15.4 Å². The van der Waals surface area contributed by atoms with Crippen molar-refractivity contribution in [2.45, 2.75) is 6.92 Å². The summed E-state index contributed by atoms with van der Waals surface area (Å²) >= 11 is 0. The molecule has 1 saturated heterocycles. The fourth-order valence-corrected chi connectivity index (χ4v) is 1.57. The Morgan fingerprint density at radius 3 is 2.41 bits per heavy atom. The van der Waals surface area contributed by atoms with Gasteiger partial charge in [0.15, 0.2) is 0 Å². The van der Waals surface area contributed by atoms with E-state index >= 15 is 0 Å². The van der Waals surface area contributed by atoms with E-state index in [1.165, 1.54) is 5.57 Å². The molecular weight excluding hydrogens is 216 g/mol. The number of anilines is 1. The van der Waals surface area contributed by atoms with Crippen molar-refractivity contribution in [3.63, 3.8) is 0 Å². The third-order valence-corrected chi connectivity index (χ3v) is 2.90. The lowest BCUT2D eigenvalue weighted by atomic mass is 10.0. The van der Waals surface area contributed by atoms with Crippen molar-refractivity contribution in [2.75, 3.05) is 25.5 Å². The molecular formula is C13H16N2O2. The summed E-state index contributed by atoms with van der Waals surface area (Å²) in [6.07, 6.45) is 0. The fraction of sp³-hybridized carbons (Fsp3) is 0.308. The first-order valence-electron chi connectivity index (χ1n) is 5.55. The molecule has 1 aromatic carbocycles. The second-order valence-electron chi connectivity index (χ2n) is 4.01. The van der Waals surface area contributed by atoms with E-state index in [-0.39, 0.29) is 5.91 Å². The van der Waals surface area contributed by atoms with Crippen LogP contribution in [-0.4, -0.2) is 26.1 Å². The Bertz CT molecular complexity index is 443. The maximum Gasteiger partial charge on any atom is 0.251 e. The zero-order chi connectivity index (χ0) is 12.3. The molecule has 90 valence electrons. The summed E-state index contributed by atoms with van der Waals surface area (Å²) < 4.78 is 5.06. The molecule has 2 N–H and O–H groups in total. The van der Waals surface area contributed by atoms with Crippen LogP contribution in [0.2, 0.25) is 0 Å². The Balaban J connectivity index is 2.02. The second kappa shape index (κ2) is 5.01. The van der Waals surface area contributed by atoms with E-state index < -0.39 is 0 Å². The smallest absolute Gasteiger partial charge is 0.251 e.